The quantitative estimate of drug-likeness (QED) is 0.475. The van der Waals surface area contributed by atoms with Gasteiger partial charge in [-0.25, -0.2) is 9.59 Å². The van der Waals surface area contributed by atoms with Crippen LogP contribution in [0.5, 0.6) is 0 Å². The molecule has 5 nitrogen and oxygen atoms in total. The Balaban J connectivity index is 3.29. The Morgan fingerprint density at radius 1 is 1.33 bits per heavy atom. The first kappa shape index (κ1) is 16.9. The second kappa shape index (κ2) is 8.21. The number of aliphatic carboxylic acids is 1. The number of esters is 1. The molecule has 0 aliphatic carbocycles. The van der Waals surface area contributed by atoms with Crippen LogP contribution in [0.2, 0.25) is 0 Å². The van der Waals surface area contributed by atoms with Gasteiger partial charge in [0.15, 0.2) is 5.78 Å². The first-order valence-electron chi connectivity index (χ1n) is 6.27. The summed E-state index contributed by atoms with van der Waals surface area (Å²) in [5.41, 5.74) is 1.04. The largest absolute Gasteiger partial charge is 0.478 e. The number of halogens is 1. The molecule has 0 unspecified atom stereocenters. The van der Waals surface area contributed by atoms with Gasteiger partial charge in [-0.1, -0.05) is 18.2 Å². The van der Waals surface area contributed by atoms with E-state index in [0.29, 0.717) is 11.1 Å². The lowest BCUT2D eigenvalue weighted by molar-refractivity contribution is -0.131. The zero-order chi connectivity index (χ0) is 15.8. The van der Waals surface area contributed by atoms with Crippen molar-refractivity contribution >= 4 is 35.4 Å². The standard InChI is InChI=1S/C15H15ClO5/c1-2-21-15(20)14-10(6-7-13(18)19)4-3-5-11(14)8-12(17)9-16/h3-7H,2,8-9H2,1H3,(H,18,19)/b7-6+. The maximum atomic E-state index is 12.1. The molecule has 0 amide bonds. The van der Waals surface area contributed by atoms with Gasteiger partial charge in [-0.15, -0.1) is 11.6 Å². The molecule has 1 aromatic carbocycles. The Kier molecular flexibility index (Phi) is 6.62. The predicted octanol–water partition coefficient (Wildman–Crippen LogP) is 2.31. The monoisotopic (exact) mass is 310 g/mol. The van der Waals surface area contributed by atoms with E-state index < -0.39 is 11.9 Å². The van der Waals surface area contributed by atoms with Crippen molar-refractivity contribution in [1.29, 1.82) is 0 Å². The highest BCUT2D eigenvalue weighted by molar-refractivity contribution is 6.27. The second-order valence-corrected chi connectivity index (χ2v) is 4.39. The van der Waals surface area contributed by atoms with Gasteiger partial charge < -0.3 is 9.84 Å². The molecular formula is C15H15ClO5. The van der Waals surface area contributed by atoms with Crippen molar-refractivity contribution in [2.45, 2.75) is 13.3 Å². The summed E-state index contributed by atoms with van der Waals surface area (Å²) >= 11 is 5.48. The van der Waals surface area contributed by atoms with Gasteiger partial charge in [0.25, 0.3) is 0 Å². The minimum atomic E-state index is -1.13. The molecule has 0 fully saturated rings. The van der Waals surface area contributed by atoms with Crippen LogP contribution < -0.4 is 0 Å². The Bertz CT molecular complexity index is 577. The number of carbonyl (C=O) groups excluding carboxylic acids is 2. The van der Waals surface area contributed by atoms with Gasteiger partial charge in [0.1, 0.15) is 0 Å². The fraction of sp³-hybridized carbons (Fsp3) is 0.267. The molecule has 0 saturated heterocycles. The van der Waals surface area contributed by atoms with Crippen LogP contribution in [0.25, 0.3) is 6.08 Å². The highest BCUT2D eigenvalue weighted by Gasteiger charge is 2.18. The van der Waals surface area contributed by atoms with E-state index in [1.165, 1.54) is 6.08 Å². The number of rotatable bonds is 7. The minimum absolute atomic E-state index is 0.00754. The number of carboxylic acids is 1. The van der Waals surface area contributed by atoms with Gasteiger partial charge in [0.2, 0.25) is 0 Å². The molecule has 1 aromatic rings. The highest BCUT2D eigenvalue weighted by Crippen LogP contribution is 2.19. The maximum Gasteiger partial charge on any atom is 0.339 e. The minimum Gasteiger partial charge on any atom is -0.478 e. The number of Topliss-reactive ketones (excluding diaryl/α,β-unsaturated/α-hetero) is 1. The smallest absolute Gasteiger partial charge is 0.339 e. The summed E-state index contributed by atoms with van der Waals surface area (Å²) in [5.74, 6) is -2.12. The molecule has 0 bridgehead atoms. The number of ether oxygens (including phenoxy) is 1. The summed E-state index contributed by atoms with van der Waals surface area (Å²) in [5, 5.41) is 8.69. The van der Waals surface area contributed by atoms with Crippen molar-refractivity contribution in [1.82, 2.24) is 0 Å². The summed E-state index contributed by atoms with van der Waals surface area (Å²) in [4.78, 5) is 34.2. The van der Waals surface area contributed by atoms with E-state index in [1.54, 1.807) is 25.1 Å². The predicted molar refractivity (Wildman–Crippen MR) is 78.5 cm³/mol. The molecule has 0 spiro atoms. The summed E-state index contributed by atoms with van der Waals surface area (Å²) in [6.07, 6.45) is 2.21. The highest BCUT2D eigenvalue weighted by atomic mass is 35.5. The van der Waals surface area contributed by atoms with Crippen LogP contribution in [0, 0.1) is 0 Å². The van der Waals surface area contributed by atoms with E-state index in [2.05, 4.69) is 0 Å². The number of carbonyl (C=O) groups is 3. The fourth-order valence-electron chi connectivity index (χ4n) is 1.78. The normalized spacial score (nSPS) is 10.6. The zero-order valence-corrected chi connectivity index (χ0v) is 12.2. The van der Waals surface area contributed by atoms with E-state index >= 15 is 0 Å². The number of ketones is 1. The summed E-state index contributed by atoms with van der Waals surface area (Å²) < 4.78 is 4.97. The number of carboxylic acid groups (broad SMARTS) is 1. The Morgan fingerprint density at radius 2 is 2.05 bits per heavy atom. The van der Waals surface area contributed by atoms with Gasteiger partial charge in [-0.3, -0.25) is 4.79 Å². The van der Waals surface area contributed by atoms with E-state index in [0.717, 1.165) is 6.08 Å². The van der Waals surface area contributed by atoms with Gasteiger partial charge in [-0.05, 0) is 24.1 Å². The van der Waals surface area contributed by atoms with Crippen LogP contribution in [0.1, 0.15) is 28.4 Å². The Labute approximate surface area is 127 Å². The number of hydrogen-bond donors (Lipinski definition) is 1. The third-order valence-electron chi connectivity index (χ3n) is 2.60. The third-order valence-corrected chi connectivity index (χ3v) is 2.90. The zero-order valence-electron chi connectivity index (χ0n) is 11.5. The molecule has 6 heteroatoms. The van der Waals surface area contributed by atoms with Crippen molar-refractivity contribution in [2.75, 3.05) is 12.5 Å². The van der Waals surface area contributed by atoms with Gasteiger partial charge in [-0.2, -0.15) is 0 Å². The maximum absolute atomic E-state index is 12.1. The molecule has 0 aromatic heterocycles. The molecule has 0 atom stereocenters. The molecule has 0 saturated carbocycles. The first-order valence-corrected chi connectivity index (χ1v) is 6.80. The van der Waals surface area contributed by atoms with Gasteiger partial charge in [0, 0.05) is 12.5 Å². The second-order valence-electron chi connectivity index (χ2n) is 4.12. The number of alkyl halides is 1. The molecule has 0 aliphatic rings. The lowest BCUT2D eigenvalue weighted by Gasteiger charge is -2.11. The van der Waals surface area contributed by atoms with E-state index in [4.69, 9.17) is 21.4 Å². The van der Waals surface area contributed by atoms with E-state index in [1.807, 2.05) is 0 Å². The average Bonchev–Trinajstić information content (AvgIpc) is 2.45. The Morgan fingerprint density at radius 3 is 2.62 bits per heavy atom. The molecule has 21 heavy (non-hydrogen) atoms. The van der Waals surface area contributed by atoms with Crippen LogP contribution in [0.3, 0.4) is 0 Å². The van der Waals surface area contributed by atoms with Crippen LogP contribution in [-0.2, 0) is 20.7 Å². The molecule has 0 heterocycles. The third kappa shape index (κ3) is 5.04. The Hall–Kier alpha value is -2.14. The lowest BCUT2D eigenvalue weighted by Crippen LogP contribution is -2.14. The average molecular weight is 311 g/mol. The molecular weight excluding hydrogens is 296 g/mol. The lowest BCUT2D eigenvalue weighted by atomic mass is 9.97. The summed E-state index contributed by atoms with van der Waals surface area (Å²) in [6, 6.07) is 4.84. The van der Waals surface area contributed by atoms with Crippen molar-refractivity contribution in [3.05, 3.63) is 41.0 Å². The van der Waals surface area contributed by atoms with Crippen molar-refractivity contribution in [3.8, 4) is 0 Å². The topological polar surface area (TPSA) is 80.7 Å². The molecule has 1 N–H and O–H groups in total. The van der Waals surface area contributed by atoms with E-state index in [9.17, 15) is 14.4 Å². The van der Waals surface area contributed by atoms with E-state index in [-0.39, 0.29) is 30.3 Å². The first-order chi connectivity index (χ1) is 9.99. The SMILES string of the molecule is CCOC(=O)c1c(/C=C/C(=O)O)cccc1CC(=O)CCl. The molecule has 112 valence electrons. The fourth-order valence-corrected chi connectivity index (χ4v) is 1.87. The van der Waals surface area contributed by atoms with Crippen LogP contribution in [-0.4, -0.2) is 35.3 Å². The van der Waals surface area contributed by atoms with Crippen LogP contribution >= 0.6 is 11.6 Å². The molecule has 0 aliphatic heterocycles. The number of hydrogen-bond acceptors (Lipinski definition) is 4. The van der Waals surface area contributed by atoms with Crippen molar-refractivity contribution in [3.63, 3.8) is 0 Å². The van der Waals surface area contributed by atoms with Gasteiger partial charge in [0.05, 0.1) is 18.1 Å². The van der Waals surface area contributed by atoms with Crippen molar-refractivity contribution in [2.24, 2.45) is 0 Å². The summed E-state index contributed by atoms with van der Waals surface area (Å²) in [6.45, 7) is 1.84. The molecule has 1 rings (SSSR count). The van der Waals surface area contributed by atoms with Crippen LogP contribution in [0.4, 0.5) is 0 Å². The number of benzene rings is 1. The van der Waals surface area contributed by atoms with Crippen molar-refractivity contribution < 1.29 is 24.2 Å². The van der Waals surface area contributed by atoms with Gasteiger partial charge >= 0.3 is 11.9 Å². The van der Waals surface area contributed by atoms with Crippen LogP contribution in [0.15, 0.2) is 24.3 Å². The molecule has 0 radical (unpaired) electrons. The summed E-state index contributed by atoms with van der Waals surface area (Å²) in [7, 11) is 0.